The molecule has 0 saturated heterocycles. The van der Waals surface area contributed by atoms with Crippen molar-refractivity contribution < 1.29 is 28.5 Å². The van der Waals surface area contributed by atoms with Crippen molar-refractivity contribution in [2.24, 2.45) is 0 Å². The number of anilines is 1. The van der Waals surface area contributed by atoms with Crippen molar-refractivity contribution in [3.05, 3.63) is 85.8 Å². The zero-order valence-corrected chi connectivity index (χ0v) is 23.3. The number of para-hydroxylation sites is 1. The standard InChI is InChI=1S/C26H23Cl4NO6/c1-14(36-25(32)21-17(27)10-12-19(29)23(21)34-3)31(16-8-6-5-7-9-16)15(2)37-26(33)22-18(28)11-13-20(30)24(22)35-4/h5-15H,1-4H3. The van der Waals surface area contributed by atoms with Crippen LogP contribution in [0.3, 0.4) is 0 Å². The molecule has 0 spiro atoms. The Balaban J connectivity index is 1.93. The fourth-order valence-electron chi connectivity index (χ4n) is 3.70. The van der Waals surface area contributed by atoms with Gasteiger partial charge in [-0.1, -0.05) is 64.6 Å². The fraction of sp³-hybridized carbons (Fsp3) is 0.231. The van der Waals surface area contributed by atoms with E-state index in [0.717, 1.165) is 0 Å². The molecule has 0 amide bonds. The van der Waals surface area contributed by atoms with Crippen LogP contribution in [0.4, 0.5) is 5.69 Å². The molecule has 0 N–H and O–H groups in total. The molecule has 0 radical (unpaired) electrons. The molecule has 0 aliphatic carbocycles. The lowest BCUT2D eigenvalue weighted by atomic mass is 10.2. The van der Waals surface area contributed by atoms with Crippen molar-refractivity contribution in [1.29, 1.82) is 0 Å². The van der Waals surface area contributed by atoms with E-state index in [-0.39, 0.29) is 42.7 Å². The Labute approximate surface area is 234 Å². The largest absolute Gasteiger partial charge is 0.494 e. The summed E-state index contributed by atoms with van der Waals surface area (Å²) in [6, 6.07) is 14.9. The zero-order valence-electron chi connectivity index (χ0n) is 20.3. The smallest absolute Gasteiger partial charge is 0.345 e. The number of ether oxygens (including phenoxy) is 4. The van der Waals surface area contributed by atoms with Crippen LogP contribution in [0.1, 0.15) is 34.6 Å². The van der Waals surface area contributed by atoms with Gasteiger partial charge in [0.2, 0.25) is 0 Å². The molecule has 3 aromatic carbocycles. The van der Waals surface area contributed by atoms with Gasteiger partial charge in [-0.3, -0.25) is 0 Å². The van der Waals surface area contributed by atoms with Crippen LogP contribution >= 0.6 is 46.4 Å². The van der Waals surface area contributed by atoms with Crippen LogP contribution in [0.2, 0.25) is 20.1 Å². The molecule has 37 heavy (non-hydrogen) atoms. The summed E-state index contributed by atoms with van der Waals surface area (Å²) in [6.45, 7) is 3.24. The maximum atomic E-state index is 13.1. The van der Waals surface area contributed by atoms with Gasteiger partial charge in [0, 0.05) is 5.69 Å². The molecule has 0 aliphatic rings. The van der Waals surface area contributed by atoms with Crippen LogP contribution in [0.15, 0.2) is 54.6 Å². The average molecular weight is 587 g/mol. The number of hydrogen-bond donors (Lipinski definition) is 0. The van der Waals surface area contributed by atoms with Gasteiger partial charge in [-0.15, -0.1) is 0 Å². The highest BCUT2D eigenvalue weighted by Crippen LogP contribution is 2.36. The Hall–Kier alpha value is -2.84. The highest BCUT2D eigenvalue weighted by Gasteiger charge is 2.31. The van der Waals surface area contributed by atoms with Gasteiger partial charge in [0.1, 0.15) is 11.1 Å². The predicted octanol–water partition coefficient (Wildman–Crippen LogP) is 7.53. The molecule has 3 rings (SSSR count). The minimum atomic E-state index is -0.936. The van der Waals surface area contributed by atoms with E-state index in [1.807, 2.05) is 6.07 Å². The maximum Gasteiger partial charge on any atom is 0.345 e. The molecule has 3 aromatic rings. The summed E-state index contributed by atoms with van der Waals surface area (Å²) < 4.78 is 22.0. The van der Waals surface area contributed by atoms with Crippen LogP contribution in [0.25, 0.3) is 0 Å². The summed E-state index contributed by atoms with van der Waals surface area (Å²) in [6.07, 6.45) is -1.87. The van der Waals surface area contributed by atoms with E-state index in [9.17, 15) is 9.59 Å². The number of carbonyl (C=O) groups excluding carboxylic acids is 2. The van der Waals surface area contributed by atoms with Crippen molar-refractivity contribution in [2.45, 2.75) is 26.3 Å². The van der Waals surface area contributed by atoms with E-state index >= 15 is 0 Å². The first-order chi connectivity index (χ1) is 17.6. The zero-order chi connectivity index (χ0) is 27.3. The molecular formula is C26H23Cl4NO6. The number of hydrogen-bond acceptors (Lipinski definition) is 7. The van der Waals surface area contributed by atoms with Crippen molar-refractivity contribution >= 4 is 64.0 Å². The summed E-state index contributed by atoms with van der Waals surface area (Å²) >= 11 is 24.8. The number of methoxy groups -OCH3 is 2. The molecule has 0 heterocycles. The van der Waals surface area contributed by atoms with Crippen LogP contribution in [0, 0.1) is 0 Å². The normalized spacial score (nSPS) is 12.3. The highest BCUT2D eigenvalue weighted by atomic mass is 35.5. The van der Waals surface area contributed by atoms with Crippen LogP contribution in [0.5, 0.6) is 11.5 Å². The number of nitrogens with zero attached hydrogens (tertiary/aromatic N) is 1. The lowest BCUT2D eigenvalue weighted by Crippen LogP contribution is -2.45. The summed E-state index contributed by atoms with van der Waals surface area (Å²) in [4.78, 5) is 27.9. The molecule has 2 atom stereocenters. The molecule has 0 saturated carbocycles. The van der Waals surface area contributed by atoms with Gasteiger partial charge in [0.05, 0.1) is 34.3 Å². The molecule has 0 aromatic heterocycles. The topological polar surface area (TPSA) is 74.3 Å². The molecule has 0 fully saturated rings. The fourth-order valence-corrected chi connectivity index (χ4v) is 4.62. The van der Waals surface area contributed by atoms with Crippen molar-refractivity contribution in [1.82, 2.24) is 0 Å². The van der Waals surface area contributed by atoms with Gasteiger partial charge in [-0.2, -0.15) is 0 Å². The monoisotopic (exact) mass is 585 g/mol. The van der Waals surface area contributed by atoms with Gasteiger partial charge < -0.3 is 23.8 Å². The second kappa shape index (κ2) is 12.6. The van der Waals surface area contributed by atoms with Crippen molar-refractivity contribution in [3.63, 3.8) is 0 Å². The molecule has 11 heteroatoms. The number of halogens is 4. The molecule has 7 nitrogen and oxygen atoms in total. The van der Waals surface area contributed by atoms with Crippen molar-refractivity contribution in [3.8, 4) is 11.5 Å². The summed E-state index contributed by atoms with van der Waals surface area (Å²) in [5.74, 6) is -1.40. The van der Waals surface area contributed by atoms with E-state index in [0.29, 0.717) is 5.69 Å². The first kappa shape index (κ1) is 28.7. The second-order valence-corrected chi connectivity index (χ2v) is 9.26. The summed E-state index contributed by atoms with van der Waals surface area (Å²) in [7, 11) is 2.73. The third kappa shape index (κ3) is 6.36. The van der Waals surface area contributed by atoms with Crippen LogP contribution < -0.4 is 14.4 Å². The Morgan fingerprint density at radius 2 is 1.03 bits per heavy atom. The van der Waals surface area contributed by atoms with Crippen LogP contribution in [-0.2, 0) is 9.47 Å². The van der Waals surface area contributed by atoms with Gasteiger partial charge in [0.15, 0.2) is 24.0 Å². The lowest BCUT2D eigenvalue weighted by Gasteiger charge is -2.35. The molecule has 0 bridgehead atoms. The van der Waals surface area contributed by atoms with Gasteiger partial charge in [-0.25, -0.2) is 9.59 Å². The maximum absolute atomic E-state index is 13.1. The number of esters is 2. The quantitative estimate of drug-likeness (QED) is 0.189. The third-order valence-electron chi connectivity index (χ3n) is 5.33. The summed E-state index contributed by atoms with van der Waals surface area (Å²) in [5.41, 5.74) is 0.546. The Morgan fingerprint density at radius 1 is 0.649 bits per heavy atom. The van der Waals surface area contributed by atoms with Crippen molar-refractivity contribution in [2.75, 3.05) is 19.1 Å². The van der Waals surface area contributed by atoms with Gasteiger partial charge >= 0.3 is 11.9 Å². The molecule has 2 unspecified atom stereocenters. The Kier molecular flexibility index (Phi) is 9.79. The third-order valence-corrected chi connectivity index (χ3v) is 6.55. The first-order valence-electron chi connectivity index (χ1n) is 10.9. The SMILES string of the molecule is COc1c(Cl)ccc(Cl)c1C(=O)OC(C)N(c1ccccc1)C(C)OC(=O)c1c(Cl)ccc(Cl)c1OC. The Morgan fingerprint density at radius 3 is 1.41 bits per heavy atom. The molecule has 196 valence electrons. The minimum absolute atomic E-state index is 0.0309. The van der Waals surface area contributed by atoms with Gasteiger partial charge in [-0.05, 0) is 50.2 Å². The highest BCUT2D eigenvalue weighted by molar-refractivity contribution is 6.37. The Bertz CT molecular complexity index is 1210. The predicted molar refractivity (Wildman–Crippen MR) is 145 cm³/mol. The van der Waals surface area contributed by atoms with E-state index in [1.54, 1.807) is 43.0 Å². The lowest BCUT2D eigenvalue weighted by molar-refractivity contribution is 0.00876. The minimum Gasteiger partial charge on any atom is -0.494 e. The average Bonchev–Trinajstić information content (AvgIpc) is 2.86. The van der Waals surface area contributed by atoms with E-state index in [2.05, 4.69) is 0 Å². The van der Waals surface area contributed by atoms with E-state index in [4.69, 9.17) is 65.4 Å². The van der Waals surface area contributed by atoms with E-state index < -0.39 is 24.4 Å². The number of rotatable bonds is 9. The first-order valence-corrected chi connectivity index (χ1v) is 12.4. The number of benzene rings is 3. The summed E-state index contributed by atoms with van der Waals surface area (Å²) in [5, 5.41) is 0.598. The molecule has 0 aliphatic heterocycles. The second-order valence-electron chi connectivity index (χ2n) is 7.63. The van der Waals surface area contributed by atoms with E-state index in [1.165, 1.54) is 38.5 Å². The van der Waals surface area contributed by atoms with Gasteiger partial charge in [0.25, 0.3) is 0 Å². The number of carbonyl (C=O) groups is 2. The van der Waals surface area contributed by atoms with Crippen LogP contribution in [-0.4, -0.2) is 38.6 Å². The molecular weight excluding hydrogens is 564 g/mol.